The van der Waals surface area contributed by atoms with Crippen molar-refractivity contribution in [1.29, 1.82) is 0 Å². The molecule has 0 aliphatic carbocycles. The molecule has 0 aliphatic heterocycles. The number of benzene rings is 2. The van der Waals surface area contributed by atoms with Crippen LogP contribution in [0.3, 0.4) is 0 Å². The van der Waals surface area contributed by atoms with Gasteiger partial charge in [0, 0.05) is 11.6 Å². The lowest BCUT2D eigenvalue weighted by atomic mass is 9.97. The number of fused-ring (bicyclic) bond motifs is 1. The number of hydrogen-bond donors (Lipinski definition) is 0. The van der Waals surface area contributed by atoms with E-state index in [1.165, 1.54) is 12.1 Å². The van der Waals surface area contributed by atoms with Crippen LogP contribution in [0.2, 0.25) is 0 Å². The Kier molecular flexibility index (Phi) is 3.11. The van der Waals surface area contributed by atoms with E-state index in [-0.39, 0.29) is 5.82 Å². The molecule has 20 heavy (non-hydrogen) atoms. The first-order valence-electron chi connectivity index (χ1n) is 6.38. The second kappa shape index (κ2) is 4.93. The highest BCUT2D eigenvalue weighted by atomic mass is 19.1. The smallest absolute Gasteiger partial charge is 0.123 e. The number of hydrogen-bond acceptors (Lipinski definition) is 2. The van der Waals surface area contributed by atoms with E-state index in [2.05, 4.69) is 4.98 Å². The molecule has 0 saturated heterocycles. The van der Waals surface area contributed by atoms with Crippen LogP contribution in [0.5, 0.6) is 5.75 Å². The fourth-order valence-electron chi connectivity index (χ4n) is 2.41. The Morgan fingerprint density at radius 3 is 2.50 bits per heavy atom. The molecule has 2 aromatic carbocycles. The molecule has 0 N–H and O–H groups in total. The van der Waals surface area contributed by atoms with Gasteiger partial charge < -0.3 is 4.74 Å². The fourth-order valence-corrected chi connectivity index (χ4v) is 2.41. The zero-order valence-corrected chi connectivity index (χ0v) is 11.4. The Morgan fingerprint density at radius 2 is 1.80 bits per heavy atom. The highest BCUT2D eigenvalue weighted by Crippen LogP contribution is 2.32. The van der Waals surface area contributed by atoms with Gasteiger partial charge >= 0.3 is 0 Å². The van der Waals surface area contributed by atoms with Gasteiger partial charge in [-0.1, -0.05) is 12.1 Å². The summed E-state index contributed by atoms with van der Waals surface area (Å²) in [6, 6.07) is 12.4. The average molecular weight is 267 g/mol. The Labute approximate surface area is 116 Å². The van der Waals surface area contributed by atoms with Crippen LogP contribution in [0.1, 0.15) is 5.56 Å². The van der Waals surface area contributed by atoms with Crippen molar-refractivity contribution in [2.45, 2.75) is 6.92 Å². The number of aryl methyl sites for hydroxylation is 1. The molecule has 0 amide bonds. The maximum absolute atomic E-state index is 13.5. The first-order valence-corrected chi connectivity index (χ1v) is 6.38. The van der Waals surface area contributed by atoms with Gasteiger partial charge in [0.2, 0.25) is 0 Å². The van der Waals surface area contributed by atoms with Crippen LogP contribution in [0.25, 0.3) is 22.0 Å². The van der Waals surface area contributed by atoms with E-state index in [1.54, 1.807) is 13.2 Å². The topological polar surface area (TPSA) is 22.1 Å². The van der Waals surface area contributed by atoms with Gasteiger partial charge in [0.15, 0.2) is 0 Å². The minimum atomic E-state index is -0.250. The Hall–Kier alpha value is -2.42. The number of ether oxygens (including phenoxy) is 1. The van der Waals surface area contributed by atoms with Crippen LogP contribution >= 0.6 is 0 Å². The molecule has 0 spiro atoms. The lowest BCUT2D eigenvalue weighted by Gasteiger charge is -2.11. The van der Waals surface area contributed by atoms with E-state index in [1.807, 2.05) is 37.4 Å². The van der Waals surface area contributed by atoms with Crippen LogP contribution in [0.4, 0.5) is 4.39 Å². The average Bonchev–Trinajstić information content (AvgIpc) is 2.47. The first-order chi connectivity index (χ1) is 9.69. The van der Waals surface area contributed by atoms with Crippen molar-refractivity contribution in [2.24, 2.45) is 0 Å². The molecule has 0 aliphatic rings. The molecule has 0 radical (unpaired) electrons. The molecule has 3 rings (SSSR count). The third-order valence-electron chi connectivity index (χ3n) is 3.40. The maximum atomic E-state index is 13.5. The van der Waals surface area contributed by atoms with Crippen LogP contribution in [0.15, 0.2) is 48.7 Å². The zero-order chi connectivity index (χ0) is 14.1. The van der Waals surface area contributed by atoms with Crippen LogP contribution in [-0.4, -0.2) is 12.1 Å². The second-order valence-electron chi connectivity index (χ2n) is 4.71. The number of rotatable bonds is 2. The number of halogens is 1. The van der Waals surface area contributed by atoms with E-state index in [0.29, 0.717) is 0 Å². The van der Waals surface area contributed by atoms with Gasteiger partial charge in [0.1, 0.15) is 11.6 Å². The third-order valence-corrected chi connectivity index (χ3v) is 3.40. The minimum Gasteiger partial charge on any atom is -0.497 e. The standard InChI is InChI=1S/C17H14FNO/c1-11-10-19-16-8-5-13(18)9-15(16)17(11)12-3-6-14(20-2)7-4-12/h3-10H,1-2H3. The van der Waals surface area contributed by atoms with Gasteiger partial charge in [-0.3, -0.25) is 4.98 Å². The van der Waals surface area contributed by atoms with Gasteiger partial charge in [-0.15, -0.1) is 0 Å². The van der Waals surface area contributed by atoms with Gasteiger partial charge in [-0.25, -0.2) is 4.39 Å². The fraction of sp³-hybridized carbons (Fsp3) is 0.118. The molecule has 100 valence electrons. The molecular formula is C17H14FNO. The minimum absolute atomic E-state index is 0.250. The summed E-state index contributed by atoms with van der Waals surface area (Å²) in [5, 5.41) is 0.829. The van der Waals surface area contributed by atoms with Crippen molar-refractivity contribution in [2.75, 3.05) is 7.11 Å². The predicted octanol–water partition coefficient (Wildman–Crippen LogP) is 4.36. The van der Waals surface area contributed by atoms with Crippen molar-refractivity contribution in [3.63, 3.8) is 0 Å². The largest absolute Gasteiger partial charge is 0.497 e. The molecule has 1 heterocycles. The number of aromatic nitrogens is 1. The summed E-state index contributed by atoms with van der Waals surface area (Å²) in [5.41, 5.74) is 3.86. The van der Waals surface area contributed by atoms with E-state index in [4.69, 9.17) is 4.74 Å². The molecular weight excluding hydrogens is 253 g/mol. The highest BCUT2D eigenvalue weighted by molar-refractivity contribution is 5.96. The lowest BCUT2D eigenvalue weighted by Crippen LogP contribution is -1.90. The van der Waals surface area contributed by atoms with E-state index >= 15 is 0 Å². The molecule has 0 saturated carbocycles. The van der Waals surface area contributed by atoms with Crippen molar-refractivity contribution in [3.8, 4) is 16.9 Å². The Bertz CT molecular complexity index is 761. The van der Waals surface area contributed by atoms with E-state index in [9.17, 15) is 4.39 Å². The zero-order valence-electron chi connectivity index (χ0n) is 11.4. The Balaban J connectivity index is 2.27. The number of methoxy groups -OCH3 is 1. The van der Waals surface area contributed by atoms with Crippen molar-refractivity contribution < 1.29 is 9.13 Å². The van der Waals surface area contributed by atoms with Crippen molar-refractivity contribution in [1.82, 2.24) is 4.98 Å². The second-order valence-corrected chi connectivity index (χ2v) is 4.71. The molecule has 2 nitrogen and oxygen atoms in total. The summed E-state index contributed by atoms with van der Waals surface area (Å²) < 4.78 is 18.7. The van der Waals surface area contributed by atoms with E-state index < -0.39 is 0 Å². The Morgan fingerprint density at radius 1 is 1.05 bits per heavy atom. The van der Waals surface area contributed by atoms with Crippen molar-refractivity contribution in [3.05, 3.63) is 60.0 Å². The molecule has 1 aromatic heterocycles. The summed E-state index contributed by atoms with van der Waals surface area (Å²) >= 11 is 0. The van der Waals surface area contributed by atoms with E-state index in [0.717, 1.165) is 33.3 Å². The van der Waals surface area contributed by atoms with Gasteiger partial charge in [0.25, 0.3) is 0 Å². The van der Waals surface area contributed by atoms with Gasteiger partial charge in [-0.2, -0.15) is 0 Å². The van der Waals surface area contributed by atoms with Gasteiger partial charge in [0.05, 0.1) is 12.6 Å². The molecule has 3 heteroatoms. The van der Waals surface area contributed by atoms with Crippen LogP contribution in [0, 0.1) is 12.7 Å². The van der Waals surface area contributed by atoms with Gasteiger partial charge in [-0.05, 0) is 53.9 Å². The predicted molar refractivity (Wildman–Crippen MR) is 78.4 cm³/mol. The molecule has 0 fully saturated rings. The summed E-state index contributed by atoms with van der Waals surface area (Å²) in [7, 11) is 1.64. The normalized spacial score (nSPS) is 10.8. The molecule has 3 aromatic rings. The summed E-state index contributed by atoms with van der Waals surface area (Å²) in [6.07, 6.45) is 1.82. The number of nitrogens with zero attached hydrogens (tertiary/aromatic N) is 1. The molecule has 0 atom stereocenters. The first kappa shape index (κ1) is 12.6. The third kappa shape index (κ3) is 2.11. The number of pyridine rings is 1. The van der Waals surface area contributed by atoms with Crippen LogP contribution in [-0.2, 0) is 0 Å². The van der Waals surface area contributed by atoms with Crippen molar-refractivity contribution >= 4 is 10.9 Å². The molecule has 0 bridgehead atoms. The highest BCUT2D eigenvalue weighted by Gasteiger charge is 2.09. The SMILES string of the molecule is COc1ccc(-c2c(C)cnc3ccc(F)cc23)cc1. The molecule has 0 unspecified atom stereocenters. The summed E-state index contributed by atoms with van der Waals surface area (Å²) in [4.78, 5) is 4.35. The maximum Gasteiger partial charge on any atom is 0.123 e. The monoisotopic (exact) mass is 267 g/mol. The van der Waals surface area contributed by atoms with Crippen LogP contribution < -0.4 is 4.74 Å². The summed E-state index contributed by atoms with van der Waals surface area (Å²) in [5.74, 6) is 0.551. The lowest BCUT2D eigenvalue weighted by molar-refractivity contribution is 0.415. The quantitative estimate of drug-likeness (QED) is 0.688. The summed E-state index contributed by atoms with van der Waals surface area (Å²) in [6.45, 7) is 1.98.